The maximum absolute atomic E-state index is 12.6. The molecular formula is C39H30F6N6O3. The van der Waals surface area contributed by atoms with Crippen LogP contribution in [0.3, 0.4) is 0 Å². The van der Waals surface area contributed by atoms with E-state index in [2.05, 4.69) is 31.9 Å². The van der Waals surface area contributed by atoms with E-state index in [0.717, 1.165) is 0 Å². The number of urea groups is 3. The molecule has 9 nitrogen and oxygen atoms in total. The fraction of sp³-hybridized carbons (Fsp3) is 0. The number of nitrogens with one attached hydrogen (secondary N) is 6. The summed E-state index contributed by atoms with van der Waals surface area (Å²) < 4.78 is 75.9. The second-order valence-corrected chi connectivity index (χ2v) is 10.8. The largest absolute Gasteiger partial charge is 0.323 e. The van der Waals surface area contributed by atoms with E-state index in [-0.39, 0.29) is 34.9 Å². The van der Waals surface area contributed by atoms with Crippen LogP contribution < -0.4 is 31.9 Å². The van der Waals surface area contributed by atoms with Gasteiger partial charge in [-0.3, -0.25) is 0 Å². The number of carbonyl (C=O) groups excluding carboxylic acids is 3. The van der Waals surface area contributed by atoms with Crippen LogP contribution in [0.25, 0.3) is 0 Å². The predicted octanol–water partition coefficient (Wildman–Crippen LogP) is 10.8. The number of anilines is 6. The van der Waals surface area contributed by atoms with Gasteiger partial charge in [-0.05, 0) is 146 Å². The smallest absolute Gasteiger partial charge is 0.308 e. The van der Waals surface area contributed by atoms with Crippen LogP contribution in [-0.4, -0.2) is 18.1 Å². The molecule has 15 heteroatoms. The van der Waals surface area contributed by atoms with Gasteiger partial charge in [-0.15, -0.1) is 0 Å². The Hall–Kier alpha value is -7.29. The predicted molar refractivity (Wildman–Crippen MR) is 196 cm³/mol. The van der Waals surface area contributed by atoms with Crippen LogP contribution in [-0.2, 0) is 0 Å². The molecule has 0 saturated carbocycles. The lowest BCUT2D eigenvalue weighted by atomic mass is 10.3. The van der Waals surface area contributed by atoms with Gasteiger partial charge in [0.05, 0.1) is 0 Å². The second kappa shape index (κ2) is 19.9. The number of hydrogen-bond donors (Lipinski definition) is 6. The first kappa shape index (κ1) is 39.5. The van der Waals surface area contributed by atoms with Crippen molar-refractivity contribution in [1.29, 1.82) is 0 Å². The zero-order valence-corrected chi connectivity index (χ0v) is 27.8. The average molecular weight is 745 g/mol. The second-order valence-electron chi connectivity index (χ2n) is 10.8. The van der Waals surface area contributed by atoms with Crippen LogP contribution in [0.15, 0.2) is 146 Å². The first-order chi connectivity index (χ1) is 25.9. The van der Waals surface area contributed by atoms with Crippen molar-refractivity contribution in [2.24, 2.45) is 0 Å². The minimum atomic E-state index is -0.479. The highest BCUT2D eigenvalue weighted by molar-refractivity contribution is 6.01. The number of amides is 6. The average Bonchev–Trinajstić information content (AvgIpc) is 3.15. The normalized spacial score (nSPS) is 9.89. The summed E-state index contributed by atoms with van der Waals surface area (Å²) in [5, 5.41) is 15.1. The van der Waals surface area contributed by atoms with Gasteiger partial charge in [-0.1, -0.05) is 0 Å². The Morgan fingerprint density at radius 3 is 0.463 bits per heavy atom. The van der Waals surface area contributed by atoms with E-state index in [1.54, 1.807) is 0 Å². The molecule has 6 amide bonds. The third-order valence-corrected chi connectivity index (χ3v) is 6.61. The summed E-state index contributed by atoms with van der Waals surface area (Å²) in [6.07, 6.45) is 0. The van der Waals surface area contributed by atoms with Crippen LogP contribution >= 0.6 is 0 Å². The highest BCUT2D eigenvalue weighted by Crippen LogP contribution is 2.14. The van der Waals surface area contributed by atoms with Crippen molar-refractivity contribution in [3.63, 3.8) is 0 Å². The van der Waals surface area contributed by atoms with Crippen molar-refractivity contribution in [1.82, 2.24) is 0 Å². The molecule has 6 N–H and O–H groups in total. The van der Waals surface area contributed by atoms with Crippen molar-refractivity contribution in [3.8, 4) is 0 Å². The van der Waals surface area contributed by atoms with Gasteiger partial charge in [0.15, 0.2) is 0 Å². The Morgan fingerprint density at radius 1 is 0.241 bits per heavy atom. The summed E-state index contributed by atoms with van der Waals surface area (Å²) >= 11 is 0. The molecule has 0 aliphatic rings. The van der Waals surface area contributed by atoms with Crippen LogP contribution in [0.5, 0.6) is 0 Å². The van der Waals surface area contributed by atoms with Crippen LogP contribution in [0.4, 0.5) is 74.9 Å². The molecule has 0 saturated heterocycles. The lowest BCUT2D eigenvalue weighted by molar-refractivity contribution is 0.261. The van der Waals surface area contributed by atoms with Gasteiger partial charge in [0, 0.05) is 34.1 Å². The molecule has 0 bridgehead atoms. The molecule has 54 heavy (non-hydrogen) atoms. The summed E-state index contributed by atoms with van der Waals surface area (Å²) in [5.41, 5.74) is 2.81. The Kier molecular flexibility index (Phi) is 14.6. The summed E-state index contributed by atoms with van der Waals surface area (Å²) in [4.78, 5) is 34.6. The van der Waals surface area contributed by atoms with E-state index >= 15 is 0 Å². The summed E-state index contributed by atoms with van der Waals surface area (Å²) in [5.74, 6) is -2.25. The molecule has 6 aromatic rings. The Labute approximate surface area is 305 Å². The summed E-state index contributed by atoms with van der Waals surface area (Å²) in [7, 11) is 0. The molecule has 276 valence electrons. The van der Waals surface area contributed by atoms with Crippen LogP contribution in [0, 0.1) is 34.9 Å². The summed E-state index contributed by atoms with van der Waals surface area (Å²) in [6, 6.07) is 30.8. The third kappa shape index (κ3) is 14.5. The maximum atomic E-state index is 12.6. The first-order valence-corrected chi connectivity index (χ1v) is 15.7. The molecule has 6 rings (SSSR count). The van der Waals surface area contributed by atoms with Gasteiger partial charge >= 0.3 is 18.1 Å². The molecule has 0 aliphatic carbocycles. The monoisotopic (exact) mass is 744 g/mol. The van der Waals surface area contributed by atoms with E-state index in [1.807, 2.05) is 0 Å². The van der Waals surface area contributed by atoms with Crippen LogP contribution in [0.2, 0.25) is 0 Å². The third-order valence-electron chi connectivity index (χ3n) is 6.61. The molecule has 0 aromatic heterocycles. The summed E-state index contributed by atoms with van der Waals surface area (Å²) in [6.45, 7) is 0. The van der Waals surface area contributed by atoms with E-state index in [0.29, 0.717) is 34.1 Å². The minimum absolute atomic E-state index is 0.375. The fourth-order valence-corrected chi connectivity index (χ4v) is 4.08. The molecular weight excluding hydrogens is 714 g/mol. The van der Waals surface area contributed by atoms with Gasteiger partial charge in [0.25, 0.3) is 0 Å². The van der Waals surface area contributed by atoms with Gasteiger partial charge < -0.3 is 31.9 Å². The molecule has 0 radical (unpaired) electrons. The molecule has 0 fully saturated rings. The molecule has 0 atom stereocenters. The van der Waals surface area contributed by atoms with Gasteiger partial charge in [0.1, 0.15) is 34.9 Å². The molecule has 6 aromatic carbocycles. The number of carbonyl (C=O) groups is 3. The lowest BCUT2D eigenvalue weighted by Crippen LogP contribution is -2.19. The van der Waals surface area contributed by atoms with Crippen molar-refractivity contribution < 1.29 is 40.7 Å². The fourth-order valence-electron chi connectivity index (χ4n) is 4.08. The highest BCUT2D eigenvalue weighted by atomic mass is 19.1. The number of rotatable bonds is 6. The Bertz CT molecular complexity index is 1710. The molecule has 0 heterocycles. The Balaban J connectivity index is 0.000000180. The topological polar surface area (TPSA) is 123 Å². The molecule has 0 aliphatic heterocycles. The maximum Gasteiger partial charge on any atom is 0.323 e. The van der Waals surface area contributed by atoms with Gasteiger partial charge in [0.2, 0.25) is 0 Å². The quantitative estimate of drug-likeness (QED) is 0.0952. The van der Waals surface area contributed by atoms with Crippen molar-refractivity contribution in [3.05, 3.63) is 180 Å². The van der Waals surface area contributed by atoms with Crippen molar-refractivity contribution in [2.75, 3.05) is 31.9 Å². The van der Waals surface area contributed by atoms with Crippen molar-refractivity contribution >= 4 is 52.2 Å². The molecule has 0 spiro atoms. The standard InChI is InChI=1S/3C13H10F2N2O/c3*14-9-1-5-11(6-2-9)16-13(18)17-12-7-3-10(15)4-8-12/h3*1-8H,(H2,16,17,18). The van der Waals surface area contributed by atoms with Gasteiger partial charge in [-0.25, -0.2) is 40.7 Å². The van der Waals surface area contributed by atoms with Gasteiger partial charge in [-0.2, -0.15) is 0 Å². The zero-order chi connectivity index (χ0) is 38.9. The van der Waals surface area contributed by atoms with E-state index in [9.17, 15) is 40.7 Å². The lowest BCUT2D eigenvalue weighted by Gasteiger charge is -2.07. The highest BCUT2D eigenvalue weighted by Gasteiger charge is 2.05. The van der Waals surface area contributed by atoms with E-state index < -0.39 is 18.1 Å². The number of benzene rings is 6. The Morgan fingerprint density at radius 2 is 0.352 bits per heavy atom. The van der Waals surface area contributed by atoms with Crippen molar-refractivity contribution in [2.45, 2.75) is 0 Å². The minimum Gasteiger partial charge on any atom is -0.308 e. The first-order valence-electron chi connectivity index (χ1n) is 15.7. The SMILES string of the molecule is O=C(Nc1ccc(F)cc1)Nc1ccc(F)cc1.O=C(Nc1ccc(F)cc1)Nc1ccc(F)cc1.O=C(Nc1ccc(F)cc1)Nc1ccc(F)cc1. The number of halogens is 6. The zero-order valence-electron chi connectivity index (χ0n) is 27.8. The number of hydrogen-bond acceptors (Lipinski definition) is 3. The van der Waals surface area contributed by atoms with E-state index in [4.69, 9.17) is 0 Å². The molecule has 0 unspecified atom stereocenters. The van der Waals surface area contributed by atoms with Crippen LogP contribution in [0.1, 0.15) is 0 Å². The van der Waals surface area contributed by atoms with E-state index in [1.165, 1.54) is 146 Å².